The molecule has 0 aromatic heterocycles. The molecular weight excluding hydrogens is 306 g/mol. The molecule has 0 unspecified atom stereocenters. The SMILES string of the molecule is CCN1CCCC[C@@H]1C(=O)OC[C@@H]1CN=C(c2ccccc2)NO1. The van der Waals surface area contributed by atoms with E-state index in [1.807, 2.05) is 30.3 Å². The molecule has 0 radical (unpaired) electrons. The molecule has 1 aromatic rings. The van der Waals surface area contributed by atoms with Crippen LogP contribution in [0.2, 0.25) is 0 Å². The summed E-state index contributed by atoms with van der Waals surface area (Å²) in [5, 5.41) is 0. The van der Waals surface area contributed by atoms with Crippen LogP contribution < -0.4 is 5.48 Å². The van der Waals surface area contributed by atoms with Crippen molar-refractivity contribution < 1.29 is 14.4 Å². The van der Waals surface area contributed by atoms with Crippen molar-refractivity contribution in [3.8, 4) is 0 Å². The van der Waals surface area contributed by atoms with E-state index in [4.69, 9.17) is 9.57 Å². The quantitative estimate of drug-likeness (QED) is 0.833. The Hall–Kier alpha value is -1.92. The van der Waals surface area contributed by atoms with E-state index in [1.165, 1.54) is 0 Å². The Bertz CT molecular complexity index is 576. The molecule has 6 nitrogen and oxygen atoms in total. The number of aliphatic imine (C=N–C) groups is 1. The van der Waals surface area contributed by atoms with Crippen molar-refractivity contribution in [3.63, 3.8) is 0 Å². The fourth-order valence-corrected chi connectivity index (χ4v) is 3.14. The number of hydrogen-bond acceptors (Lipinski definition) is 6. The molecule has 2 heterocycles. The van der Waals surface area contributed by atoms with Crippen molar-refractivity contribution in [1.29, 1.82) is 0 Å². The number of benzene rings is 1. The number of carbonyl (C=O) groups is 1. The van der Waals surface area contributed by atoms with E-state index < -0.39 is 0 Å². The molecule has 0 bridgehead atoms. The van der Waals surface area contributed by atoms with Crippen LogP contribution in [0.1, 0.15) is 31.7 Å². The monoisotopic (exact) mass is 331 g/mol. The molecule has 1 saturated heterocycles. The summed E-state index contributed by atoms with van der Waals surface area (Å²) in [5.74, 6) is 0.570. The summed E-state index contributed by atoms with van der Waals surface area (Å²) in [7, 11) is 0. The highest BCUT2D eigenvalue weighted by atomic mass is 16.7. The first-order valence-electron chi connectivity index (χ1n) is 8.70. The summed E-state index contributed by atoms with van der Waals surface area (Å²) < 4.78 is 5.48. The normalized spacial score (nSPS) is 24.8. The fourth-order valence-electron chi connectivity index (χ4n) is 3.14. The molecule has 1 fully saturated rings. The molecule has 0 saturated carbocycles. The van der Waals surface area contributed by atoms with Crippen molar-refractivity contribution in [2.75, 3.05) is 26.2 Å². The van der Waals surface area contributed by atoms with Gasteiger partial charge < -0.3 is 4.74 Å². The molecule has 1 aromatic carbocycles. The van der Waals surface area contributed by atoms with Crippen LogP contribution in [0.25, 0.3) is 0 Å². The van der Waals surface area contributed by atoms with Crippen LogP contribution in [0.4, 0.5) is 0 Å². The maximum atomic E-state index is 12.3. The van der Waals surface area contributed by atoms with Gasteiger partial charge in [0, 0.05) is 5.56 Å². The number of likely N-dealkylation sites (tertiary alicyclic amines) is 1. The van der Waals surface area contributed by atoms with Crippen LogP contribution >= 0.6 is 0 Å². The van der Waals surface area contributed by atoms with E-state index in [-0.39, 0.29) is 24.7 Å². The van der Waals surface area contributed by atoms with Gasteiger partial charge >= 0.3 is 5.97 Å². The minimum absolute atomic E-state index is 0.108. The summed E-state index contributed by atoms with van der Waals surface area (Å²) in [6, 6.07) is 9.70. The Morgan fingerprint density at radius 2 is 2.21 bits per heavy atom. The Balaban J connectivity index is 1.48. The van der Waals surface area contributed by atoms with Crippen LogP contribution in [0, 0.1) is 0 Å². The average Bonchev–Trinajstić information content (AvgIpc) is 2.67. The molecule has 2 aliphatic heterocycles. The number of carbonyl (C=O) groups excluding carboxylic acids is 1. The molecule has 2 aliphatic rings. The van der Waals surface area contributed by atoms with E-state index in [0.29, 0.717) is 12.4 Å². The highest BCUT2D eigenvalue weighted by molar-refractivity contribution is 5.98. The lowest BCUT2D eigenvalue weighted by Crippen LogP contribution is -2.46. The Labute approximate surface area is 142 Å². The van der Waals surface area contributed by atoms with Crippen molar-refractivity contribution in [2.24, 2.45) is 4.99 Å². The lowest BCUT2D eigenvalue weighted by molar-refractivity contribution is -0.156. The molecule has 2 atom stereocenters. The lowest BCUT2D eigenvalue weighted by atomic mass is 10.0. The second-order valence-electron chi connectivity index (χ2n) is 6.17. The first-order valence-corrected chi connectivity index (χ1v) is 8.70. The van der Waals surface area contributed by atoms with Crippen LogP contribution in [-0.2, 0) is 14.4 Å². The number of hydrogen-bond donors (Lipinski definition) is 1. The summed E-state index contributed by atoms with van der Waals surface area (Å²) >= 11 is 0. The number of ether oxygens (including phenoxy) is 1. The van der Waals surface area contributed by atoms with Gasteiger partial charge in [-0.05, 0) is 25.9 Å². The number of hydroxylamine groups is 1. The van der Waals surface area contributed by atoms with Gasteiger partial charge in [-0.15, -0.1) is 0 Å². The zero-order valence-corrected chi connectivity index (χ0v) is 14.1. The van der Waals surface area contributed by atoms with Gasteiger partial charge in [0.05, 0.1) is 6.54 Å². The largest absolute Gasteiger partial charge is 0.462 e. The minimum Gasteiger partial charge on any atom is -0.462 e. The third-order valence-electron chi connectivity index (χ3n) is 4.53. The zero-order valence-electron chi connectivity index (χ0n) is 14.1. The van der Waals surface area contributed by atoms with Crippen molar-refractivity contribution >= 4 is 11.8 Å². The van der Waals surface area contributed by atoms with Gasteiger partial charge in [-0.1, -0.05) is 43.7 Å². The van der Waals surface area contributed by atoms with Gasteiger partial charge in [0.25, 0.3) is 0 Å². The van der Waals surface area contributed by atoms with Crippen molar-refractivity contribution in [2.45, 2.75) is 38.3 Å². The van der Waals surface area contributed by atoms with Gasteiger partial charge in [-0.2, -0.15) is 0 Å². The summed E-state index contributed by atoms with van der Waals surface area (Å²) in [6.45, 7) is 4.65. The molecule has 3 rings (SSSR count). The Kier molecular flexibility index (Phi) is 5.82. The second-order valence-corrected chi connectivity index (χ2v) is 6.17. The van der Waals surface area contributed by atoms with Gasteiger partial charge in [0.2, 0.25) is 0 Å². The molecule has 0 aliphatic carbocycles. The third kappa shape index (κ3) is 4.13. The maximum absolute atomic E-state index is 12.3. The number of likely N-dealkylation sites (N-methyl/N-ethyl adjacent to an activating group) is 1. The topological polar surface area (TPSA) is 63.2 Å². The van der Waals surface area contributed by atoms with Gasteiger partial charge in [-0.3, -0.25) is 19.5 Å². The first kappa shape index (κ1) is 16.9. The molecule has 0 amide bonds. The average molecular weight is 331 g/mol. The molecular formula is C18H25N3O3. The van der Waals surface area contributed by atoms with E-state index in [1.54, 1.807) is 0 Å². The predicted octanol–water partition coefficient (Wildman–Crippen LogP) is 1.75. The number of nitrogens with one attached hydrogen (secondary N) is 1. The Morgan fingerprint density at radius 3 is 2.92 bits per heavy atom. The van der Waals surface area contributed by atoms with Crippen LogP contribution in [-0.4, -0.2) is 55.1 Å². The number of rotatable bonds is 5. The van der Waals surface area contributed by atoms with E-state index in [0.717, 1.165) is 37.9 Å². The summed E-state index contributed by atoms with van der Waals surface area (Å²) in [6.07, 6.45) is 2.87. The van der Waals surface area contributed by atoms with Crippen LogP contribution in [0.3, 0.4) is 0 Å². The van der Waals surface area contributed by atoms with Gasteiger partial charge in [0.15, 0.2) is 5.84 Å². The first-order chi connectivity index (χ1) is 11.8. The molecule has 0 spiro atoms. The summed E-state index contributed by atoms with van der Waals surface area (Å²) in [4.78, 5) is 24.6. The van der Waals surface area contributed by atoms with Gasteiger partial charge in [-0.25, -0.2) is 5.48 Å². The zero-order chi connectivity index (χ0) is 16.8. The smallest absolute Gasteiger partial charge is 0.323 e. The molecule has 6 heteroatoms. The molecule has 1 N–H and O–H groups in total. The van der Waals surface area contributed by atoms with Crippen LogP contribution in [0.5, 0.6) is 0 Å². The van der Waals surface area contributed by atoms with E-state index in [2.05, 4.69) is 22.3 Å². The van der Waals surface area contributed by atoms with Crippen LogP contribution in [0.15, 0.2) is 35.3 Å². The van der Waals surface area contributed by atoms with Gasteiger partial charge in [0.1, 0.15) is 18.8 Å². The molecule has 24 heavy (non-hydrogen) atoms. The predicted molar refractivity (Wildman–Crippen MR) is 91.7 cm³/mol. The van der Waals surface area contributed by atoms with Crippen molar-refractivity contribution in [3.05, 3.63) is 35.9 Å². The number of amidine groups is 1. The number of nitrogens with zero attached hydrogens (tertiary/aromatic N) is 2. The standard InChI is InChI=1S/C18H25N3O3/c1-2-21-11-7-6-10-16(21)18(22)23-13-15-12-19-17(20-24-15)14-8-4-3-5-9-14/h3-5,8-9,15-16H,2,6-7,10-13H2,1H3,(H,19,20)/t15-,16+/m0/s1. The van der Waals surface area contributed by atoms with E-state index >= 15 is 0 Å². The second kappa shape index (κ2) is 8.26. The number of esters is 1. The Morgan fingerprint density at radius 1 is 1.38 bits per heavy atom. The lowest BCUT2D eigenvalue weighted by Gasteiger charge is -2.33. The number of piperidine rings is 1. The summed E-state index contributed by atoms with van der Waals surface area (Å²) in [5.41, 5.74) is 3.84. The highest BCUT2D eigenvalue weighted by Crippen LogP contribution is 2.18. The maximum Gasteiger partial charge on any atom is 0.323 e. The minimum atomic E-state index is -0.250. The third-order valence-corrected chi connectivity index (χ3v) is 4.53. The van der Waals surface area contributed by atoms with E-state index in [9.17, 15) is 4.79 Å². The van der Waals surface area contributed by atoms with Crippen molar-refractivity contribution in [1.82, 2.24) is 10.4 Å². The highest BCUT2D eigenvalue weighted by Gasteiger charge is 2.29. The molecule has 130 valence electrons. The fraction of sp³-hybridized carbons (Fsp3) is 0.556.